The first-order valence-electron chi connectivity index (χ1n) is 7.33. The molecule has 0 amide bonds. The van der Waals surface area contributed by atoms with Crippen molar-refractivity contribution in [2.24, 2.45) is 5.73 Å². The highest BCUT2D eigenvalue weighted by molar-refractivity contribution is 7.07. The quantitative estimate of drug-likeness (QED) is 0.733. The van der Waals surface area contributed by atoms with Crippen LogP contribution in [0.3, 0.4) is 0 Å². The molecule has 2 atom stereocenters. The van der Waals surface area contributed by atoms with Gasteiger partial charge in [0.2, 0.25) is 0 Å². The maximum absolute atomic E-state index is 9.40. The Balaban J connectivity index is 3.03. The molecule has 0 aromatic carbocycles. The molecule has 1 rings (SSSR count). The Morgan fingerprint density at radius 2 is 1.95 bits per heavy atom. The molecule has 110 valence electrons. The van der Waals surface area contributed by atoms with Crippen LogP contribution in [0.15, 0.2) is 16.8 Å². The van der Waals surface area contributed by atoms with Gasteiger partial charge < -0.3 is 10.8 Å². The van der Waals surface area contributed by atoms with E-state index >= 15 is 0 Å². The molecule has 0 aliphatic heterocycles. The lowest BCUT2D eigenvalue weighted by atomic mass is 9.95. The molecule has 0 aliphatic rings. The number of nitrogens with two attached hydrogens (primary N) is 1. The number of aliphatic hydroxyl groups is 1. The van der Waals surface area contributed by atoms with Gasteiger partial charge >= 0.3 is 0 Å². The zero-order valence-electron chi connectivity index (χ0n) is 12.4. The van der Waals surface area contributed by atoms with Gasteiger partial charge in [-0.2, -0.15) is 11.3 Å². The van der Waals surface area contributed by atoms with Crippen LogP contribution in [0.2, 0.25) is 0 Å². The van der Waals surface area contributed by atoms with Crippen molar-refractivity contribution in [2.45, 2.75) is 58.2 Å². The molecule has 3 N–H and O–H groups in total. The molecule has 19 heavy (non-hydrogen) atoms. The second-order valence-corrected chi connectivity index (χ2v) is 5.79. The summed E-state index contributed by atoms with van der Waals surface area (Å²) in [5.41, 5.74) is 7.66. The third-order valence-corrected chi connectivity index (χ3v) is 4.59. The van der Waals surface area contributed by atoms with Crippen LogP contribution < -0.4 is 5.73 Å². The van der Waals surface area contributed by atoms with Crippen molar-refractivity contribution in [1.82, 2.24) is 4.90 Å². The van der Waals surface area contributed by atoms with Crippen LogP contribution in [-0.4, -0.2) is 35.2 Å². The SMILES string of the molecule is CCC(N)C(c1ccsc1)N(CCO)C(CC)CC. The molecule has 0 radical (unpaired) electrons. The fourth-order valence-electron chi connectivity index (χ4n) is 2.77. The van der Waals surface area contributed by atoms with Gasteiger partial charge in [-0.3, -0.25) is 4.90 Å². The van der Waals surface area contributed by atoms with E-state index in [1.54, 1.807) is 11.3 Å². The largest absolute Gasteiger partial charge is 0.395 e. The molecule has 0 spiro atoms. The van der Waals surface area contributed by atoms with E-state index in [9.17, 15) is 5.11 Å². The second kappa shape index (κ2) is 8.69. The Morgan fingerprint density at radius 1 is 1.26 bits per heavy atom. The van der Waals surface area contributed by atoms with Gasteiger partial charge in [0, 0.05) is 18.6 Å². The molecular weight excluding hydrogens is 256 g/mol. The van der Waals surface area contributed by atoms with Crippen molar-refractivity contribution >= 4 is 11.3 Å². The van der Waals surface area contributed by atoms with Crippen LogP contribution >= 0.6 is 11.3 Å². The van der Waals surface area contributed by atoms with E-state index in [0.717, 1.165) is 19.3 Å². The van der Waals surface area contributed by atoms with Crippen LogP contribution in [0, 0.1) is 0 Å². The van der Waals surface area contributed by atoms with Gasteiger partial charge in [-0.25, -0.2) is 0 Å². The third-order valence-electron chi connectivity index (χ3n) is 3.89. The van der Waals surface area contributed by atoms with Gasteiger partial charge in [0.25, 0.3) is 0 Å². The first-order valence-corrected chi connectivity index (χ1v) is 8.28. The Kier molecular flexibility index (Phi) is 7.61. The van der Waals surface area contributed by atoms with E-state index in [-0.39, 0.29) is 18.7 Å². The van der Waals surface area contributed by atoms with Crippen molar-refractivity contribution < 1.29 is 5.11 Å². The van der Waals surface area contributed by atoms with Gasteiger partial charge in [-0.1, -0.05) is 20.8 Å². The smallest absolute Gasteiger partial charge is 0.0558 e. The van der Waals surface area contributed by atoms with E-state index in [1.165, 1.54) is 5.56 Å². The van der Waals surface area contributed by atoms with Gasteiger partial charge in [-0.05, 0) is 41.7 Å². The molecule has 4 heteroatoms. The fourth-order valence-corrected chi connectivity index (χ4v) is 3.46. The number of rotatable bonds is 9. The summed E-state index contributed by atoms with van der Waals surface area (Å²) in [6.07, 6.45) is 3.13. The molecule has 0 fully saturated rings. The molecule has 2 unspecified atom stereocenters. The minimum absolute atomic E-state index is 0.113. The number of thiophene rings is 1. The molecule has 0 bridgehead atoms. The van der Waals surface area contributed by atoms with E-state index in [4.69, 9.17) is 5.73 Å². The fraction of sp³-hybridized carbons (Fsp3) is 0.733. The summed E-state index contributed by atoms with van der Waals surface area (Å²) in [6.45, 7) is 7.43. The van der Waals surface area contributed by atoms with Crippen LogP contribution in [0.4, 0.5) is 0 Å². The second-order valence-electron chi connectivity index (χ2n) is 5.01. The van der Waals surface area contributed by atoms with E-state index in [2.05, 4.69) is 42.5 Å². The van der Waals surface area contributed by atoms with Crippen LogP contribution in [0.5, 0.6) is 0 Å². The summed E-state index contributed by atoms with van der Waals surface area (Å²) in [6, 6.07) is 2.97. The standard InChI is InChI=1S/C15H28N2OS/c1-4-13(5-2)17(8-9-18)15(14(16)6-3)12-7-10-19-11-12/h7,10-11,13-15,18H,4-6,8-9,16H2,1-3H3. The Hall–Kier alpha value is -0.420. The molecular formula is C15H28N2OS. The maximum Gasteiger partial charge on any atom is 0.0558 e. The molecule has 0 saturated carbocycles. The zero-order chi connectivity index (χ0) is 14.3. The highest BCUT2D eigenvalue weighted by Crippen LogP contribution is 2.30. The van der Waals surface area contributed by atoms with Crippen molar-refractivity contribution in [3.05, 3.63) is 22.4 Å². The van der Waals surface area contributed by atoms with E-state index in [0.29, 0.717) is 12.6 Å². The number of nitrogens with zero attached hydrogens (tertiary/aromatic N) is 1. The first-order chi connectivity index (χ1) is 9.19. The minimum Gasteiger partial charge on any atom is -0.395 e. The van der Waals surface area contributed by atoms with Crippen molar-refractivity contribution in [3.63, 3.8) is 0 Å². The lowest BCUT2D eigenvalue weighted by Gasteiger charge is -2.40. The lowest BCUT2D eigenvalue weighted by molar-refractivity contribution is 0.0816. The predicted molar refractivity (Wildman–Crippen MR) is 83.5 cm³/mol. The van der Waals surface area contributed by atoms with Crippen LogP contribution in [0.1, 0.15) is 51.6 Å². The van der Waals surface area contributed by atoms with Crippen molar-refractivity contribution in [1.29, 1.82) is 0 Å². The van der Waals surface area contributed by atoms with Gasteiger partial charge in [0.1, 0.15) is 0 Å². The molecule has 1 heterocycles. The lowest BCUT2D eigenvalue weighted by Crippen LogP contribution is -2.46. The third kappa shape index (κ3) is 4.28. The Morgan fingerprint density at radius 3 is 2.37 bits per heavy atom. The van der Waals surface area contributed by atoms with Crippen LogP contribution in [0.25, 0.3) is 0 Å². The van der Waals surface area contributed by atoms with E-state index in [1.807, 2.05) is 0 Å². The Labute approximate surface area is 121 Å². The first kappa shape index (κ1) is 16.6. The summed E-state index contributed by atoms with van der Waals surface area (Å²) in [5.74, 6) is 0. The highest BCUT2D eigenvalue weighted by atomic mass is 32.1. The summed E-state index contributed by atoms with van der Waals surface area (Å²) in [4.78, 5) is 2.40. The Bertz CT molecular complexity index is 325. The number of aliphatic hydroxyl groups excluding tert-OH is 1. The minimum atomic E-state index is 0.113. The summed E-state index contributed by atoms with van der Waals surface area (Å²) < 4.78 is 0. The molecule has 3 nitrogen and oxygen atoms in total. The highest BCUT2D eigenvalue weighted by Gasteiger charge is 2.29. The zero-order valence-corrected chi connectivity index (χ0v) is 13.2. The summed E-state index contributed by atoms with van der Waals surface area (Å²) in [5, 5.41) is 13.7. The molecule has 1 aromatic rings. The monoisotopic (exact) mass is 284 g/mol. The number of hydrogen-bond acceptors (Lipinski definition) is 4. The van der Waals surface area contributed by atoms with Crippen molar-refractivity contribution in [2.75, 3.05) is 13.2 Å². The predicted octanol–water partition coefficient (Wildman–Crippen LogP) is 3.01. The van der Waals surface area contributed by atoms with E-state index < -0.39 is 0 Å². The van der Waals surface area contributed by atoms with Crippen molar-refractivity contribution in [3.8, 4) is 0 Å². The summed E-state index contributed by atoms with van der Waals surface area (Å²) in [7, 11) is 0. The maximum atomic E-state index is 9.40. The summed E-state index contributed by atoms with van der Waals surface area (Å²) >= 11 is 1.71. The molecule has 1 aromatic heterocycles. The molecule has 0 saturated heterocycles. The topological polar surface area (TPSA) is 49.5 Å². The van der Waals surface area contributed by atoms with Gasteiger partial charge in [-0.15, -0.1) is 0 Å². The van der Waals surface area contributed by atoms with Crippen LogP contribution in [-0.2, 0) is 0 Å². The van der Waals surface area contributed by atoms with Gasteiger partial charge in [0.05, 0.1) is 12.6 Å². The average molecular weight is 284 g/mol. The average Bonchev–Trinajstić information content (AvgIpc) is 2.94. The van der Waals surface area contributed by atoms with Gasteiger partial charge in [0.15, 0.2) is 0 Å². The normalized spacial score (nSPS) is 15.1. The molecule has 0 aliphatic carbocycles. The number of hydrogen-bond donors (Lipinski definition) is 2.